The summed E-state index contributed by atoms with van der Waals surface area (Å²) in [5.41, 5.74) is 1.07. The number of pyridine rings is 1. The van der Waals surface area contributed by atoms with E-state index in [9.17, 15) is 18.0 Å². The van der Waals surface area contributed by atoms with Crippen molar-refractivity contribution < 1.29 is 32.2 Å². The lowest BCUT2D eigenvalue weighted by Gasteiger charge is -2.11. The SMILES string of the molecule is CCCc1nn(-c2ccc(C(F)(F)F)cn2)cc1CCCOc1ccc(OC)c(OC(C)=O)c1. The highest BCUT2D eigenvalue weighted by molar-refractivity contribution is 5.70. The Kier molecular flexibility index (Phi) is 8.14. The van der Waals surface area contributed by atoms with Crippen molar-refractivity contribution in [2.24, 2.45) is 0 Å². The Morgan fingerprint density at radius 3 is 2.53 bits per heavy atom. The molecule has 2 aromatic heterocycles. The van der Waals surface area contributed by atoms with E-state index < -0.39 is 17.7 Å². The van der Waals surface area contributed by atoms with Gasteiger partial charge in [-0.1, -0.05) is 13.3 Å². The minimum absolute atomic E-state index is 0.281. The van der Waals surface area contributed by atoms with Crippen molar-refractivity contribution in [2.45, 2.75) is 45.7 Å². The molecule has 0 saturated carbocycles. The lowest BCUT2D eigenvalue weighted by atomic mass is 10.1. The minimum atomic E-state index is -4.43. The number of aromatic nitrogens is 3. The zero-order valence-corrected chi connectivity index (χ0v) is 19.2. The number of aryl methyl sites for hydroxylation is 2. The Morgan fingerprint density at radius 2 is 1.91 bits per heavy atom. The molecule has 2 heterocycles. The van der Waals surface area contributed by atoms with Crippen LogP contribution in [0.3, 0.4) is 0 Å². The molecule has 0 radical (unpaired) electrons. The number of halogens is 3. The van der Waals surface area contributed by atoms with E-state index in [0.29, 0.717) is 36.8 Å². The molecule has 0 aliphatic rings. The molecule has 10 heteroatoms. The van der Waals surface area contributed by atoms with E-state index >= 15 is 0 Å². The minimum Gasteiger partial charge on any atom is -0.493 e. The fraction of sp³-hybridized carbons (Fsp3) is 0.375. The molecule has 7 nitrogen and oxygen atoms in total. The average molecular weight is 477 g/mol. The summed E-state index contributed by atoms with van der Waals surface area (Å²) >= 11 is 0. The second kappa shape index (κ2) is 11.0. The molecule has 0 unspecified atom stereocenters. The first-order valence-electron chi connectivity index (χ1n) is 10.8. The number of hydrogen-bond donors (Lipinski definition) is 0. The van der Waals surface area contributed by atoms with Crippen molar-refractivity contribution in [3.8, 4) is 23.1 Å². The molecular weight excluding hydrogens is 451 g/mol. The quantitative estimate of drug-likeness (QED) is 0.227. The van der Waals surface area contributed by atoms with Crippen LogP contribution < -0.4 is 14.2 Å². The van der Waals surface area contributed by atoms with Crippen LogP contribution in [0.4, 0.5) is 13.2 Å². The summed E-state index contributed by atoms with van der Waals surface area (Å²) in [4.78, 5) is 15.2. The number of ether oxygens (including phenoxy) is 3. The fourth-order valence-corrected chi connectivity index (χ4v) is 3.34. The monoisotopic (exact) mass is 477 g/mol. The molecule has 0 aliphatic heterocycles. The van der Waals surface area contributed by atoms with Crippen LogP contribution in [0.15, 0.2) is 42.7 Å². The zero-order valence-electron chi connectivity index (χ0n) is 19.2. The van der Waals surface area contributed by atoms with Gasteiger partial charge in [0.15, 0.2) is 17.3 Å². The summed E-state index contributed by atoms with van der Waals surface area (Å²) in [6.45, 7) is 3.75. The number of hydrogen-bond acceptors (Lipinski definition) is 6. The summed E-state index contributed by atoms with van der Waals surface area (Å²) in [6, 6.07) is 7.28. The lowest BCUT2D eigenvalue weighted by Crippen LogP contribution is -2.07. The van der Waals surface area contributed by atoms with Gasteiger partial charge in [-0.25, -0.2) is 9.67 Å². The molecule has 34 heavy (non-hydrogen) atoms. The molecule has 0 N–H and O–H groups in total. The average Bonchev–Trinajstić information content (AvgIpc) is 3.19. The second-order valence-corrected chi connectivity index (χ2v) is 7.56. The summed E-state index contributed by atoms with van der Waals surface area (Å²) in [7, 11) is 1.48. The van der Waals surface area contributed by atoms with Gasteiger partial charge < -0.3 is 14.2 Å². The maximum atomic E-state index is 12.8. The second-order valence-electron chi connectivity index (χ2n) is 7.56. The van der Waals surface area contributed by atoms with Crippen LogP contribution in [0.2, 0.25) is 0 Å². The maximum Gasteiger partial charge on any atom is 0.417 e. The molecule has 1 aromatic carbocycles. The number of benzene rings is 1. The number of methoxy groups -OCH3 is 1. The molecule has 0 aliphatic carbocycles. The lowest BCUT2D eigenvalue weighted by molar-refractivity contribution is -0.138. The molecule has 0 fully saturated rings. The number of rotatable bonds is 10. The van der Waals surface area contributed by atoms with E-state index in [4.69, 9.17) is 14.2 Å². The van der Waals surface area contributed by atoms with Crippen LogP contribution in [0, 0.1) is 0 Å². The van der Waals surface area contributed by atoms with Crippen LogP contribution in [-0.2, 0) is 23.8 Å². The first kappa shape index (κ1) is 25.1. The van der Waals surface area contributed by atoms with Crippen molar-refractivity contribution >= 4 is 5.97 Å². The third kappa shape index (κ3) is 6.49. The predicted octanol–water partition coefficient (Wildman–Crippen LogP) is 5.18. The van der Waals surface area contributed by atoms with Gasteiger partial charge in [0.2, 0.25) is 0 Å². The van der Waals surface area contributed by atoms with Crippen molar-refractivity contribution in [1.82, 2.24) is 14.8 Å². The summed E-state index contributed by atoms with van der Waals surface area (Å²) in [6.07, 6.45) is 1.15. The van der Waals surface area contributed by atoms with Gasteiger partial charge in [-0.2, -0.15) is 18.3 Å². The van der Waals surface area contributed by atoms with E-state index in [1.165, 1.54) is 24.8 Å². The summed E-state index contributed by atoms with van der Waals surface area (Å²) in [5, 5.41) is 4.53. The molecule has 3 rings (SSSR count). The molecule has 0 atom stereocenters. The first-order chi connectivity index (χ1) is 16.2. The molecule has 0 bridgehead atoms. The van der Waals surface area contributed by atoms with Gasteiger partial charge in [-0.05, 0) is 49.1 Å². The van der Waals surface area contributed by atoms with Crippen LogP contribution in [0.25, 0.3) is 5.82 Å². The smallest absolute Gasteiger partial charge is 0.417 e. The molecule has 0 spiro atoms. The maximum absolute atomic E-state index is 12.8. The largest absolute Gasteiger partial charge is 0.493 e. The highest BCUT2D eigenvalue weighted by Gasteiger charge is 2.30. The number of esters is 1. The molecule has 3 aromatic rings. The van der Waals surface area contributed by atoms with Crippen molar-refractivity contribution in [3.05, 3.63) is 59.5 Å². The molecule has 182 valence electrons. The number of alkyl halides is 3. The Bertz CT molecular complexity index is 1110. The normalized spacial score (nSPS) is 11.4. The van der Waals surface area contributed by atoms with Crippen molar-refractivity contribution in [3.63, 3.8) is 0 Å². The van der Waals surface area contributed by atoms with Crippen LogP contribution in [-0.4, -0.2) is 34.5 Å². The standard InChI is InChI=1S/C24H26F3N3O4/c1-4-6-20-17(15-30(29-20)23-11-8-18(14-28-23)24(25,26)27)7-5-12-33-19-9-10-21(32-3)22(13-19)34-16(2)31/h8-11,13-15H,4-7,12H2,1-3H3. The fourth-order valence-electron chi connectivity index (χ4n) is 3.34. The van der Waals surface area contributed by atoms with Gasteiger partial charge in [-0.15, -0.1) is 0 Å². The number of nitrogens with zero attached hydrogens (tertiary/aromatic N) is 3. The Labute approximate surface area is 195 Å². The van der Waals surface area contributed by atoms with Crippen LogP contribution in [0.5, 0.6) is 17.2 Å². The topological polar surface area (TPSA) is 75.5 Å². The van der Waals surface area contributed by atoms with Gasteiger partial charge in [0.1, 0.15) is 5.75 Å². The van der Waals surface area contributed by atoms with E-state index in [2.05, 4.69) is 10.1 Å². The Morgan fingerprint density at radius 1 is 1.12 bits per heavy atom. The third-order valence-electron chi connectivity index (χ3n) is 4.92. The summed E-state index contributed by atoms with van der Waals surface area (Å²) in [5.74, 6) is 1.11. The Hall–Kier alpha value is -3.56. The van der Waals surface area contributed by atoms with E-state index in [0.717, 1.165) is 36.4 Å². The molecule has 0 saturated heterocycles. The zero-order chi connectivity index (χ0) is 24.7. The van der Waals surface area contributed by atoms with E-state index in [1.54, 1.807) is 24.4 Å². The van der Waals surface area contributed by atoms with E-state index in [-0.39, 0.29) is 5.75 Å². The molecular formula is C24H26F3N3O4. The van der Waals surface area contributed by atoms with E-state index in [1.807, 2.05) is 6.92 Å². The predicted molar refractivity (Wildman–Crippen MR) is 118 cm³/mol. The van der Waals surface area contributed by atoms with Crippen molar-refractivity contribution in [2.75, 3.05) is 13.7 Å². The van der Waals surface area contributed by atoms with Gasteiger partial charge in [0, 0.05) is 25.4 Å². The Balaban J connectivity index is 1.64. The van der Waals surface area contributed by atoms with Crippen molar-refractivity contribution in [1.29, 1.82) is 0 Å². The third-order valence-corrected chi connectivity index (χ3v) is 4.92. The highest BCUT2D eigenvalue weighted by atomic mass is 19.4. The van der Waals surface area contributed by atoms with Gasteiger partial charge >= 0.3 is 12.1 Å². The van der Waals surface area contributed by atoms with Crippen LogP contribution in [0.1, 0.15) is 43.5 Å². The van der Waals surface area contributed by atoms with Gasteiger partial charge in [0.05, 0.1) is 25.0 Å². The van der Waals surface area contributed by atoms with Crippen LogP contribution >= 0.6 is 0 Å². The van der Waals surface area contributed by atoms with Gasteiger partial charge in [-0.3, -0.25) is 4.79 Å². The number of carbonyl (C=O) groups is 1. The van der Waals surface area contributed by atoms with Gasteiger partial charge in [0.25, 0.3) is 0 Å². The highest BCUT2D eigenvalue weighted by Crippen LogP contribution is 2.32. The summed E-state index contributed by atoms with van der Waals surface area (Å²) < 4.78 is 56.0. The number of carbonyl (C=O) groups excluding carboxylic acids is 1. The molecule has 0 amide bonds. The first-order valence-corrected chi connectivity index (χ1v) is 10.8.